The summed E-state index contributed by atoms with van der Waals surface area (Å²) in [4.78, 5) is 29.8. The van der Waals surface area contributed by atoms with Crippen LogP contribution in [0.25, 0.3) is 11.2 Å². The van der Waals surface area contributed by atoms with Crippen molar-refractivity contribution in [3.63, 3.8) is 0 Å². The Kier molecular flexibility index (Phi) is 7.06. The fraction of sp³-hybridized carbons (Fsp3) is 0.250. The minimum atomic E-state index is -1.02. The summed E-state index contributed by atoms with van der Waals surface area (Å²) >= 11 is 0. The monoisotopic (exact) mass is 494 g/mol. The number of aromatic hydroxyl groups is 1. The zero-order valence-corrected chi connectivity index (χ0v) is 20.0. The molecule has 0 aliphatic rings. The van der Waals surface area contributed by atoms with E-state index in [1.807, 2.05) is 18.2 Å². The average molecular weight is 495 g/mol. The SMILES string of the molecule is COc1cccc(C=NNc2nc3c(c(=O)n(C)c(=O)n3C)n2CC(O)COc2ccccc2)c1O. The van der Waals surface area contributed by atoms with Gasteiger partial charge in [0.15, 0.2) is 22.7 Å². The molecule has 12 heteroatoms. The van der Waals surface area contributed by atoms with Gasteiger partial charge in [-0.2, -0.15) is 10.1 Å². The second-order valence-corrected chi connectivity index (χ2v) is 7.97. The molecule has 0 amide bonds. The lowest BCUT2D eigenvalue weighted by Gasteiger charge is -2.15. The number of aliphatic hydroxyl groups excluding tert-OH is 1. The van der Waals surface area contributed by atoms with Crippen molar-refractivity contribution in [1.29, 1.82) is 0 Å². The second kappa shape index (κ2) is 10.4. The van der Waals surface area contributed by atoms with Gasteiger partial charge in [-0.25, -0.2) is 10.2 Å². The molecule has 0 saturated carbocycles. The highest BCUT2D eigenvalue weighted by molar-refractivity contribution is 5.85. The molecule has 0 aliphatic heterocycles. The Labute approximate surface area is 205 Å². The minimum absolute atomic E-state index is 0.0455. The second-order valence-electron chi connectivity index (χ2n) is 7.97. The molecule has 2 aromatic carbocycles. The Morgan fingerprint density at radius 1 is 1.11 bits per heavy atom. The number of benzene rings is 2. The third kappa shape index (κ3) is 4.79. The molecule has 12 nitrogen and oxygen atoms in total. The number of aryl methyl sites for hydroxylation is 1. The third-order valence-electron chi connectivity index (χ3n) is 5.55. The van der Waals surface area contributed by atoms with Crippen molar-refractivity contribution in [2.75, 3.05) is 19.1 Å². The van der Waals surface area contributed by atoms with Crippen molar-refractivity contribution in [1.82, 2.24) is 18.7 Å². The number of fused-ring (bicyclic) bond motifs is 1. The molecule has 3 N–H and O–H groups in total. The van der Waals surface area contributed by atoms with Crippen LogP contribution >= 0.6 is 0 Å². The van der Waals surface area contributed by atoms with E-state index >= 15 is 0 Å². The minimum Gasteiger partial charge on any atom is -0.504 e. The number of rotatable bonds is 9. The molecule has 4 aromatic rings. The summed E-state index contributed by atoms with van der Waals surface area (Å²) in [5.41, 5.74) is 2.25. The molecule has 2 heterocycles. The number of ether oxygens (including phenoxy) is 2. The number of imidazole rings is 1. The van der Waals surface area contributed by atoms with E-state index in [1.165, 1.54) is 36.6 Å². The summed E-state index contributed by atoms with van der Waals surface area (Å²) in [7, 11) is 4.30. The Bertz CT molecular complexity index is 1520. The zero-order valence-electron chi connectivity index (χ0n) is 20.0. The quantitative estimate of drug-likeness (QED) is 0.231. The molecule has 0 aliphatic carbocycles. The number of aromatic nitrogens is 4. The van der Waals surface area contributed by atoms with E-state index in [9.17, 15) is 19.8 Å². The number of nitrogens with one attached hydrogen (secondary N) is 1. The topological polar surface area (TPSA) is 145 Å². The molecule has 2 aromatic heterocycles. The van der Waals surface area contributed by atoms with Crippen molar-refractivity contribution in [3.05, 3.63) is 74.9 Å². The van der Waals surface area contributed by atoms with Gasteiger partial charge in [0.25, 0.3) is 5.56 Å². The van der Waals surface area contributed by atoms with Crippen LogP contribution in [0.3, 0.4) is 0 Å². The van der Waals surface area contributed by atoms with Crippen molar-refractivity contribution in [2.24, 2.45) is 19.2 Å². The number of phenolic OH excluding ortho intramolecular Hbond substituents is 1. The van der Waals surface area contributed by atoms with Gasteiger partial charge >= 0.3 is 5.69 Å². The normalized spacial score (nSPS) is 12.2. The van der Waals surface area contributed by atoms with Crippen LogP contribution in [0.15, 0.2) is 63.2 Å². The number of hydrogen-bond acceptors (Lipinski definition) is 9. The van der Waals surface area contributed by atoms with Gasteiger partial charge in [-0.3, -0.25) is 13.9 Å². The molecule has 36 heavy (non-hydrogen) atoms. The lowest BCUT2D eigenvalue weighted by Crippen LogP contribution is -2.38. The molecule has 1 atom stereocenters. The smallest absolute Gasteiger partial charge is 0.332 e. The van der Waals surface area contributed by atoms with Crippen LogP contribution in [-0.4, -0.2) is 54.9 Å². The van der Waals surface area contributed by atoms with Crippen LogP contribution < -0.4 is 26.1 Å². The number of nitrogens with zero attached hydrogens (tertiary/aromatic N) is 5. The predicted molar refractivity (Wildman–Crippen MR) is 134 cm³/mol. The zero-order chi connectivity index (χ0) is 25.8. The first-order valence-electron chi connectivity index (χ1n) is 11.0. The molecule has 0 spiro atoms. The number of aliphatic hydroxyl groups is 1. The molecule has 188 valence electrons. The van der Waals surface area contributed by atoms with Crippen molar-refractivity contribution < 1.29 is 19.7 Å². The number of methoxy groups -OCH3 is 1. The first kappa shape index (κ1) is 24.5. The maximum atomic E-state index is 13.0. The number of hydrogen-bond donors (Lipinski definition) is 3. The predicted octanol–water partition coefficient (Wildman–Crippen LogP) is 1.03. The molecule has 4 rings (SSSR count). The molecule has 0 radical (unpaired) electrons. The summed E-state index contributed by atoms with van der Waals surface area (Å²) < 4.78 is 14.4. The van der Waals surface area contributed by atoms with E-state index in [0.717, 1.165) is 4.57 Å². The van der Waals surface area contributed by atoms with Crippen LogP contribution in [0.5, 0.6) is 17.2 Å². The number of hydrazone groups is 1. The van der Waals surface area contributed by atoms with Crippen molar-refractivity contribution >= 4 is 23.3 Å². The van der Waals surface area contributed by atoms with Crippen LogP contribution in [0, 0.1) is 0 Å². The van der Waals surface area contributed by atoms with Gasteiger partial charge in [0.05, 0.1) is 19.9 Å². The number of anilines is 1. The Morgan fingerprint density at radius 3 is 2.58 bits per heavy atom. The first-order valence-corrected chi connectivity index (χ1v) is 11.0. The van der Waals surface area contributed by atoms with Gasteiger partial charge in [-0.15, -0.1) is 0 Å². The average Bonchev–Trinajstić information content (AvgIpc) is 3.24. The van der Waals surface area contributed by atoms with Gasteiger partial charge in [-0.05, 0) is 24.3 Å². The Hall–Kier alpha value is -4.58. The summed E-state index contributed by atoms with van der Waals surface area (Å²) in [6.07, 6.45) is 0.338. The highest BCUT2D eigenvalue weighted by atomic mass is 16.5. The van der Waals surface area contributed by atoms with E-state index in [-0.39, 0.29) is 41.8 Å². The lowest BCUT2D eigenvalue weighted by atomic mass is 10.2. The molecule has 1 unspecified atom stereocenters. The van der Waals surface area contributed by atoms with Gasteiger partial charge in [0.1, 0.15) is 18.5 Å². The summed E-state index contributed by atoms with van der Waals surface area (Å²) in [5.74, 6) is 0.891. The Morgan fingerprint density at radius 2 is 1.86 bits per heavy atom. The van der Waals surface area contributed by atoms with E-state index in [2.05, 4.69) is 15.5 Å². The van der Waals surface area contributed by atoms with E-state index < -0.39 is 17.4 Å². The van der Waals surface area contributed by atoms with Crippen LogP contribution in [0.4, 0.5) is 5.95 Å². The summed E-state index contributed by atoms with van der Waals surface area (Å²) in [5, 5.41) is 25.1. The number of phenols is 1. The summed E-state index contributed by atoms with van der Waals surface area (Å²) in [6.45, 7) is -0.116. The van der Waals surface area contributed by atoms with E-state index in [0.29, 0.717) is 11.3 Å². The van der Waals surface area contributed by atoms with E-state index in [4.69, 9.17) is 9.47 Å². The first-order chi connectivity index (χ1) is 17.3. The largest absolute Gasteiger partial charge is 0.504 e. The highest BCUT2D eigenvalue weighted by Crippen LogP contribution is 2.28. The molecule has 0 fully saturated rings. The summed E-state index contributed by atoms with van der Waals surface area (Å²) in [6, 6.07) is 13.9. The van der Waals surface area contributed by atoms with Gasteiger partial charge in [0, 0.05) is 19.7 Å². The maximum Gasteiger partial charge on any atom is 0.332 e. The van der Waals surface area contributed by atoms with Crippen LogP contribution in [0.1, 0.15) is 5.56 Å². The maximum absolute atomic E-state index is 13.0. The standard InChI is InChI=1S/C24H26N6O6/c1-28-21-19(22(33)29(2)24(28)34)30(13-16(31)14-36-17-9-5-4-6-10-17)23(26-21)27-25-12-15-8-7-11-18(35-3)20(15)32/h4-12,16,31-32H,13-14H2,1-3H3,(H,26,27). The molecular weight excluding hydrogens is 468 g/mol. The van der Waals surface area contributed by atoms with Crippen LogP contribution in [0.2, 0.25) is 0 Å². The number of para-hydroxylation sites is 2. The molecular formula is C24H26N6O6. The fourth-order valence-corrected chi connectivity index (χ4v) is 3.65. The lowest BCUT2D eigenvalue weighted by molar-refractivity contribution is 0.0938. The van der Waals surface area contributed by atoms with Crippen molar-refractivity contribution in [2.45, 2.75) is 12.6 Å². The third-order valence-corrected chi connectivity index (χ3v) is 5.55. The molecule has 0 bridgehead atoms. The van der Waals surface area contributed by atoms with Gasteiger partial charge in [-0.1, -0.05) is 24.3 Å². The molecule has 0 saturated heterocycles. The highest BCUT2D eigenvalue weighted by Gasteiger charge is 2.21. The Balaban J connectivity index is 1.68. The van der Waals surface area contributed by atoms with Crippen LogP contribution in [-0.2, 0) is 20.6 Å². The van der Waals surface area contributed by atoms with E-state index in [1.54, 1.807) is 30.3 Å². The van der Waals surface area contributed by atoms with Crippen molar-refractivity contribution in [3.8, 4) is 17.2 Å². The van der Waals surface area contributed by atoms with Gasteiger partial charge < -0.3 is 24.3 Å². The fourth-order valence-electron chi connectivity index (χ4n) is 3.65. The van der Waals surface area contributed by atoms with Gasteiger partial charge in [0.2, 0.25) is 5.95 Å².